The monoisotopic (exact) mass is 235 g/mol. The second-order valence-corrected chi connectivity index (χ2v) is 3.63. The van der Waals surface area contributed by atoms with Gasteiger partial charge in [-0.05, 0) is 30.7 Å². The zero-order valence-electron chi connectivity index (χ0n) is 9.13. The SMILES string of the molecule is O=c1[nH]c(CCCO)nn1-c1ccc(O)cc1. The summed E-state index contributed by atoms with van der Waals surface area (Å²) in [5, 5.41) is 22.0. The number of aryl methyl sites for hydroxylation is 1. The molecule has 90 valence electrons. The van der Waals surface area contributed by atoms with E-state index in [9.17, 15) is 4.79 Å². The maximum absolute atomic E-state index is 11.6. The van der Waals surface area contributed by atoms with Crippen LogP contribution in [0.15, 0.2) is 29.1 Å². The van der Waals surface area contributed by atoms with E-state index in [4.69, 9.17) is 10.2 Å². The quantitative estimate of drug-likeness (QED) is 0.705. The lowest BCUT2D eigenvalue weighted by molar-refractivity contribution is 0.287. The molecule has 0 aliphatic heterocycles. The minimum Gasteiger partial charge on any atom is -0.508 e. The standard InChI is InChI=1S/C11H13N3O3/c15-7-1-2-10-12-11(17)14(13-10)8-3-5-9(16)6-4-8/h3-6,15-16H,1-2,7H2,(H,12,13,17). The van der Waals surface area contributed by atoms with Crippen molar-refractivity contribution >= 4 is 0 Å². The summed E-state index contributed by atoms with van der Waals surface area (Å²) in [5.41, 5.74) is 0.253. The minimum atomic E-state index is -0.330. The number of aliphatic hydroxyl groups is 1. The largest absolute Gasteiger partial charge is 0.508 e. The molecule has 1 heterocycles. The number of aromatic amines is 1. The Hall–Kier alpha value is -2.08. The maximum atomic E-state index is 11.6. The molecule has 0 saturated heterocycles. The number of rotatable bonds is 4. The van der Waals surface area contributed by atoms with E-state index in [-0.39, 0.29) is 18.0 Å². The average Bonchev–Trinajstić information content (AvgIpc) is 2.69. The van der Waals surface area contributed by atoms with Crippen molar-refractivity contribution in [2.75, 3.05) is 6.61 Å². The van der Waals surface area contributed by atoms with Crippen molar-refractivity contribution in [3.05, 3.63) is 40.6 Å². The third-order valence-corrected chi connectivity index (χ3v) is 2.33. The number of phenols is 1. The van der Waals surface area contributed by atoms with Gasteiger partial charge in [-0.15, -0.1) is 0 Å². The summed E-state index contributed by atoms with van der Waals surface area (Å²) < 4.78 is 1.23. The summed E-state index contributed by atoms with van der Waals surface area (Å²) in [7, 11) is 0. The highest BCUT2D eigenvalue weighted by atomic mass is 16.3. The van der Waals surface area contributed by atoms with Crippen molar-refractivity contribution in [3.8, 4) is 11.4 Å². The fourth-order valence-corrected chi connectivity index (χ4v) is 1.50. The lowest BCUT2D eigenvalue weighted by Crippen LogP contribution is -2.15. The Labute approximate surface area is 97.2 Å². The normalized spacial score (nSPS) is 10.6. The van der Waals surface area contributed by atoms with Crippen molar-refractivity contribution in [3.63, 3.8) is 0 Å². The van der Waals surface area contributed by atoms with E-state index in [0.717, 1.165) is 0 Å². The molecule has 0 atom stereocenters. The molecule has 0 amide bonds. The van der Waals surface area contributed by atoms with Crippen molar-refractivity contribution in [2.45, 2.75) is 12.8 Å². The molecule has 0 spiro atoms. The van der Waals surface area contributed by atoms with Crippen LogP contribution in [0.1, 0.15) is 12.2 Å². The van der Waals surface area contributed by atoms with Gasteiger partial charge in [0, 0.05) is 13.0 Å². The van der Waals surface area contributed by atoms with Crippen LogP contribution in [-0.4, -0.2) is 31.6 Å². The molecule has 6 nitrogen and oxygen atoms in total. The lowest BCUT2D eigenvalue weighted by atomic mass is 10.3. The van der Waals surface area contributed by atoms with Crippen LogP contribution in [-0.2, 0) is 6.42 Å². The molecular formula is C11H13N3O3. The number of H-pyrrole nitrogens is 1. The fourth-order valence-electron chi connectivity index (χ4n) is 1.50. The Morgan fingerprint density at radius 2 is 2.00 bits per heavy atom. The van der Waals surface area contributed by atoms with Gasteiger partial charge in [-0.25, -0.2) is 4.79 Å². The van der Waals surface area contributed by atoms with Crippen LogP contribution >= 0.6 is 0 Å². The molecule has 0 aliphatic rings. The van der Waals surface area contributed by atoms with Gasteiger partial charge in [-0.2, -0.15) is 9.78 Å². The van der Waals surface area contributed by atoms with Gasteiger partial charge in [0.2, 0.25) is 0 Å². The van der Waals surface area contributed by atoms with Crippen LogP contribution in [0.25, 0.3) is 5.69 Å². The van der Waals surface area contributed by atoms with Gasteiger partial charge >= 0.3 is 5.69 Å². The smallest absolute Gasteiger partial charge is 0.348 e. The Morgan fingerprint density at radius 3 is 2.65 bits per heavy atom. The maximum Gasteiger partial charge on any atom is 0.348 e. The number of nitrogens with one attached hydrogen (secondary N) is 1. The van der Waals surface area contributed by atoms with Gasteiger partial charge in [-0.1, -0.05) is 0 Å². The summed E-state index contributed by atoms with van der Waals surface area (Å²) in [5.74, 6) is 0.676. The second kappa shape index (κ2) is 4.84. The number of hydrogen-bond donors (Lipinski definition) is 3. The van der Waals surface area contributed by atoms with E-state index in [1.54, 1.807) is 12.1 Å². The third-order valence-electron chi connectivity index (χ3n) is 2.33. The Morgan fingerprint density at radius 1 is 1.29 bits per heavy atom. The third kappa shape index (κ3) is 2.54. The van der Waals surface area contributed by atoms with E-state index in [1.807, 2.05) is 0 Å². The molecule has 3 N–H and O–H groups in total. The molecule has 0 saturated carbocycles. The van der Waals surface area contributed by atoms with Gasteiger partial charge in [0.1, 0.15) is 11.6 Å². The summed E-state index contributed by atoms with van der Waals surface area (Å²) in [6.45, 7) is 0.0636. The van der Waals surface area contributed by atoms with E-state index in [2.05, 4.69) is 10.1 Å². The predicted molar refractivity (Wildman–Crippen MR) is 61.3 cm³/mol. The highest BCUT2D eigenvalue weighted by molar-refractivity contribution is 5.35. The molecule has 2 aromatic rings. The number of aromatic nitrogens is 3. The lowest BCUT2D eigenvalue weighted by Gasteiger charge is -1.98. The second-order valence-electron chi connectivity index (χ2n) is 3.63. The van der Waals surface area contributed by atoms with Crippen molar-refractivity contribution < 1.29 is 10.2 Å². The van der Waals surface area contributed by atoms with Crippen LogP contribution in [0.3, 0.4) is 0 Å². The van der Waals surface area contributed by atoms with Gasteiger partial charge in [0.05, 0.1) is 5.69 Å². The first-order valence-corrected chi connectivity index (χ1v) is 5.29. The first-order chi connectivity index (χ1) is 8.20. The van der Waals surface area contributed by atoms with E-state index < -0.39 is 0 Å². The summed E-state index contributed by atoms with van der Waals surface area (Å²) in [6.07, 6.45) is 1.08. The van der Waals surface area contributed by atoms with Gasteiger partial charge in [-0.3, -0.25) is 4.98 Å². The molecule has 0 bridgehead atoms. The van der Waals surface area contributed by atoms with Gasteiger partial charge in [0.25, 0.3) is 0 Å². The van der Waals surface area contributed by atoms with E-state index in [1.165, 1.54) is 16.8 Å². The first kappa shape index (κ1) is 11.4. The van der Waals surface area contributed by atoms with Crippen molar-refractivity contribution in [1.82, 2.24) is 14.8 Å². The number of benzene rings is 1. The Balaban J connectivity index is 2.29. The highest BCUT2D eigenvalue weighted by Gasteiger charge is 2.06. The van der Waals surface area contributed by atoms with Gasteiger partial charge < -0.3 is 10.2 Å². The highest BCUT2D eigenvalue weighted by Crippen LogP contribution is 2.11. The average molecular weight is 235 g/mol. The van der Waals surface area contributed by atoms with Crippen LogP contribution in [0.5, 0.6) is 5.75 Å². The predicted octanol–water partition coefficient (Wildman–Crippen LogP) is 0.191. The molecule has 2 rings (SSSR count). The molecule has 0 unspecified atom stereocenters. The van der Waals surface area contributed by atoms with Crippen LogP contribution in [0, 0.1) is 0 Å². The fraction of sp³-hybridized carbons (Fsp3) is 0.273. The molecule has 17 heavy (non-hydrogen) atoms. The topological polar surface area (TPSA) is 91.1 Å². The molecule has 1 aromatic carbocycles. The van der Waals surface area contributed by atoms with Crippen molar-refractivity contribution in [2.24, 2.45) is 0 Å². The number of phenolic OH excluding ortho intramolecular Hbond substituents is 1. The summed E-state index contributed by atoms with van der Waals surface area (Å²) >= 11 is 0. The minimum absolute atomic E-state index is 0.0636. The molecule has 0 radical (unpaired) electrons. The molecule has 6 heteroatoms. The van der Waals surface area contributed by atoms with E-state index >= 15 is 0 Å². The number of hydrogen-bond acceptors (Lipinski definition) is 4. The van der Waals surface area contributed by atoms with Crippen LogP contribution in [0.4, 0.5) is 0 Å². The molecular weight excluding hydrogens is 222 g/mol. The summed E-state index contributed by atoms with van der Waals surface area (Å²) in [6, 6.07) is 6.19. The zero-order valence-corrected chi connectivity index (χ0v) is 9.13. The zero-order chi connectivity index (χ0) is 12.3. The Kier molecular flexibility index (Phi) is 3.24. The van der Waals surface area contributed by atoms with Gasteiger partial charge in [0.15, 0.2) is 0 Å². The number of aromatic hydroxyl groups is 1. The Bertz CT molecular complexity index is 542. The summed E-state index contributed by atoms with van der Waals surface area (Å²) in [4.78, 5) is 14.2. The number of nitrogens with zero attached hydrogens (tertiary/aromatic N) is 2. The number of aliphatic hydroxyl groups excluding tert-OH is 1. The first-order valence-electron chi connectivity index (χ1n) is 5.29. The molecule has 0 fully saturated rings. The molecule has 1 aromatic heterocycles. The van der Waals surface area contributed by atoms with Crippen molar-refractivity contribution in [1.29, 1.82) is 0 Å². The van der Waals surface area contributed by atoms with Crippen LogP contribution in [0.2, 0.25) is 0 Å². The molecule has 0 aliphatic carbocycles. The van der Waals surface area contributed by atoms with E-state index in [0.29, 0.717) is 24.4 Å². The van der Waals surface area contributed by atoms with Crippen LogP contribution < -0.4 is 5.69 Å².